The molecule has 0 saturated carbocycles. The Balaban J connectivity index is 1.87. The minimum atomic E-state index is 0.686. The monoisotopic (exact) mass is 283 g/mol. The standard InChI is InChI=1S/C16H14ClN3/c1-11-2-4-12(5-3-11)9-18-16-14-8-13(17)6-7-15(14)19-10-20-16/h2-8,10H,9H2,1H3,(H,18,19,20). The van der Waals surface area contributed by atoms with Crippen molar-refractivity contribution in [1.82, 2.24) is 9.97 Å². The van der Waals surface area contributed by atoms with Crippen LogP contribution in [0.25, 0.3) is 10.9 Å². The SMILES string of the molecule is Cc1ccc(CNc2ncnc3ccc(Cl)cc23)cc1. The van der Waals surface area contributed by atoms with E-state index < -0.39 is 0 Å². The summed E-state index contributed by atoms with van der Waals surface area (Å²) in [5, 5.41) is 4.96. The van der Waals surface area contributed by atoms with E-state index in [2.05, 4.69) is 46.5 Å². The van der Waals surface area contributed by atoms with Crippen LogP contribution in [-0.4, -0.2) is 9.97 Å². The van der Waals surface area contributed by atoms with Crippen LogP contribution < -0.4 is 5.32 Å². The summed E-state index contributed by atoms with van der Waals surface area (Å²) in [7, 11) is 0. The molecule has 0 aliphatic rings. The highest BCUT2D eigenvalue weighted by molar-refractivity contribution is 6.31. The van der Waals surface area contributed by atoms with E-state index in [0.29, 0.717) is 5.02 Å². The van der Waals surface area contributed by atoms with Gasteiger partial charge in [-0.1, -0.05) is 41.4 Å². The smallest absolute Gasteiger partial charge is 0.137 e. The molecule has 1 N–H and O–H groups in total. The molecule has 0 radical (unpaired) electrons. The zero-order valence-electron chi connectivity index (χ0n) is 11.1. The van der Waals surface area contributed by atoms with Gasteiger partial charge in [0, 0.05) is 17.0 Å². The highest BCUT2D eigenvalue weighted by Crippen LogP contribution is 2.23. The van der Waals surface area contributed by atoms with Crippen LogP contribution >= 0.6 is 11.6 Å². The second-order valence-electron chi connectivity index (χ2n) is 4.72. The van der Waals surface area contributed by atoms with Crippen molar-refractivity contribution in [3.63, 3.8) is 0 Å². The lowest BCUT2D eigenvalue weighted by molar-refractivity contribution is 1.10. The molecule has 100 valence electrons. The molecule has 0 saturated heterocycles. The Morgan fingerprint density at radius 2 is 1.85 bits per heavy atom. The molecule has 0 aliphatic heterocycles. The Morgan fingerprint density at radius 3 is 2.65 bits per heavy atom. The van der Waals surface area contributed by atoms with Gasteiger partial charge in [0.1, 0.15) is 12.1 Å². The van der Waals surface area contributed by atoms with Crippen molar-refractivity contribution < 1.29 is 0 Å². The summed E-state index contributed by atoms with van der Waals surface area (Å²) in [6.07, 6.45) is 1.56. The summed E-state index contributed by atoms with van der Waals surface area (Å²) in [6.45, 7) is 2.80. The first-order chi connectivity index (χ1) is 9.72. The van der Waals surface area contributed by atoms with Gasteiger partial charge in [0.2, 0.25) is 0 Å². The number of aromatic nitrogens is 2. The van der Waals surface area contributed by atoms with E-state index in [1.807, 2.05) is 18.2 Å². The number of benzene rings is 2. The molecule has 0 fully saturated rings. The molecule has 3 rings (SSSR count). The molecule has 1 aromatic heterocycles. The number of fused-ring (bicyclic) bond motifs is 1. The fourth-order valence-electron chi connectivity index (χ4n) is 2.06. The second kappa shape index (κ2) is 5.47. The Kier molecular flexibility index (Phi) is 3.52. The number of nitrogens with one attached hydrogen (secondary N) is 1. The number of halogens is 1. The lowest BCUT2D eigenvalue weighted by Crippen LogP contribution is -2.02. The molecule has 3 aromatic rings. The molecule has 4 heteroatoms. The lowest BCUT2D eigenvalue weighted by atomic mass is 10.1. The van der Waals surface area contributed by atoms with E-state index in [1.165, 1.54) is 11.1 Å². The van der Waals surface area contributed by atoms with E-state index >= 15 is 0 Å². The maximum absolute atomic E-state index is 6.04. The molecule has 3 nitrogen and oxygen atoms in total. The van der Waals surface area contributed by atoms with E-state index in [9.17, 15) is 0 Å². The highest BCUT2D eigenvalue weighted by Gasteiger charge is 2.04. The lowest BCUT2D eigenvalue weighted by Gasteiger charge is -2.08. The Bertz CT molecular complexity index is 738. The molecule has 0 amide bonds. The average molecular weight is 284 g/mol. The summed E-state index contributed by atoms with van der Waals surface area (Å²) in [6, 6.07) is 14.0. The van der Waals surface area contributed by atoms with Crippen LogP contribution in [0, 0.1) is 6.92 Å². The molecule has 0 unspecified atom stereocenters. The zero-order valence-corrected chi connectivity index (χ0v) is 11.9. The molecule has 0 atom stereocenters. The highest BCUT2D eigenvalue weighted by atomic mass is 35.5. The first-order valence-electron chi connectivity index (χ1n) is 6.42. The van der Waals surface area contributed by atoms with Crippen molar-refractivity contribution in [1.29, 1.82) is 0 Å². The van der Waals surface area contributed by atoms with Crippen LogP contribution in [0.4, 0.5) is 5.82 Å². The molecular weight excluding hydrogens is 270 g/mol. The van der Waals surface area contributed by atoms with Gasteiger partial charge < -0.3 is 5.32 Å². The molecule has 2 aromatic carbocycles. The third kappa shape index (κ3) is 2.73. The van der Waals surface area contributed by atoms with E-state index in [1.54, 1.807) is 6.33 Å². The number of rotatable bonds is 3. The summed E-state index contributed by atoms with van der Waals surface area (Å²) in [5.74, 6) is 0.804. The Labute approximate surface area is 122 Å². The molecule has 0 aliphatic carbocycles. The number of aryl methyl sites for hydroxylation is 1. The summed E-state index contributed by atoms with van der Waals surface area (Å²) >= 11 is 6.04. The minimum Gasteiger partial charge on any atom is -0.365 e. The largest absolute Gasteiger partial charge is 0.365 e. The first-order valence-corrected chi connectivity index (χ1v) is 6.80. The van der Waals surface area contributed by atoms with Crippen LogP contribution in [0.2, 0.25) is 5.02 Å². The fourth-order valence-corrected chi connectivity index (χ4v) is 2.23. The fraction of sp³-hybridized carbons (Fsp3) is 0.125. The molecule has 0 bridgehead atoms. The van der Waals surface area contributed by atoms with E-state index in [0.717, 1.165) is 23.3 Å². The zero-order chi connectivity index (χ0) is 13.9. The van der Waals surface area contributed by atoms with Crippen LogP contribution in [0.3, 0.4) is 0 Å². The van der Waals surface area contributed by atoms with Gasteiger partial charge in [0.25, 0.3) is 0 Å². The topological polar surface area (TPSA) is 37.8 Å². The van der Waals surface area contributed by atoms with Crippen molar-refractivity contribution >= 4 is 28.3 Å². The number of anilines is 1. The second-order valence-corrected chi connectivity index (χ2v) is 5.16. The van der Waals surface area contributed by atoms with Crippen LogP contribution in [0.1, 0.15) is 11.1 Å². The van der Waals surface area contributed by atoms with E-state index in [-0.39, 0.29) is 0 Å². The molecule has 20 heavy (non-hydrogen) atoms. The Morgan fingerprint density at radius 1 is 1.05 bits per heavy atom. The summed E-state index contributed by atoms with van der Waals surface area (Å²) in [4.78, 5) is 8.54. The maximum atomic E-state index is 6.04. The van der Waals surface area contributed by atoms with Crippen molar-refractivity contribution in [3.8, 4) is 0 Å². The van der Waals surface area contributed by atoms with Gasteiger partial charge in [-0.05, 0) is 30.7 Å². The van der Waals surface area contributed by atoms with Gasteiger partial charge in [0.05, 0.1) is 5.52 Å². The van der Waals surface area contributed by atoms with Crippen LogP contribution in [0.15, 0.2) is 48.8 Å². The van der Waals surface area contributed by atoms with E-state index in [4.69, 9.17) is 11.6 Å². The third-order valence-electron chi connectivity index (χ3n) is 3.18. The number of nitrogens with zero attached hydrogens (tertiary/aromatic N) is 2. The number of hydrogen-bond donors (Lipinski definition) is 1. The molecule has 0 spiro atoms. The van der Waals surface area contributed by atoms with Crippen molar-refractivity contribution in [2.45, 2.75) is 13.5 Å². The van der Waals surface area contributed by atoms with Crippen molar-refractivity contribution in [2.75, 3.05) is 5.32 Å². The van der Waals surface area contributed by atoms with Crippen LogP contribution in [0.5, 0.6) is 0 Å². The quantitative estimate of drug-likeness (QED) is 0.783. The van der Waals surface area contributed by atoms with Crippen LogP contribution in [-0.2, 0) is 6.54 Å². The number of hydrogen-bond acceptors (Lipinski definition) is 3. The summed E-state index contributed by atoms with van der Waals surface area (Å²) < 4.78 is 0. The normalized spacial score (nSPS) is 10.7. The van der Waals surface area contributed by atoms with Crippen molar-refractivity contribution in [3.05, 3.63) is 64.9 Å². The van der Waals surface area contributed by atoms with Gasteiger partial charge in [-0.25, -0.2) is 9.97 Å². The minimum absolute atomic E-state index is 0.686. The average Bonchev–Trinajstić information content (AvgIpc) is 2.47. The Hall–Kier alpha value is -2.13. The third-order valence-corrected chi connectivity index (χ3v) is 3.41. The molecule has 1 heterocycles. The van der Waals surface area contributed by atoms with Gasteiger partial charge in [0.15, 0.2) is 0 Å². The predicted octanol–water partition coefficient (Wildman–Crippen LogP) is 4.20. The summed E-state index contributed by atoms with van der Waals surface area (Å²) in [5.41, 5.74) is 3.35. The maximum Gasteiger partial charge on any atom is 0.137 e. The van der Waals surface area contributed by atoms with Gasteiger partial charge in [-0.2, -0.15) is 0 Å². The van der Waals surface area contributed by atoms with Gasteiger partial charge in [-0.3, -0.25) is 0 Å². The van der Waals surface area contributed by atoms with Gasteiger partial charge in [-0.15, -0.1) is 0 Å². The predicted molar refractivity (Wildman–Crippen MR) is 83.1 cm³/mol. The first kappa shape index (κ1) is 12.9. The van der Waals surface area contributed by atoms with Gasteiger partial charge >= 0.3 is 0 Å². The molecular formula is C16H14ClN3. The van der Waals surface area contributed by atoms with Crippen molar-refractivity contribution in [2.24, 2.45) is 0 Å².